The maximum atomic E-state index is 13.0. The van der Waals surface area contributed by atoms with E-state index in [4.69, 9.17) is 5.14 Å². The summed E-state index contributed by atoms with van der Waals surface area (Å²) in [5, 5.41) is 8.36. The molecule has 2 aromatic carbocycles. The van der Waals surface area contributed by atoms with Crippen LogP contribution in [-0.2, 0) is 22.6 Å². The normalized spacial score (nSPS) is 11.6. The van der Waals surface area contributed by atoms with Crippen LogP contribution in [0.1, 0.15) is 38.4 Å². The topological polar surface area (TPSA) is 119 Å². The summed E-state index contributed by atoms with van der Waals surface area (Å²) in [6.45, 7) is 1.84. The minimum atomic E-state index is -4.52. The summed E-state index contributed by atoms with van der Waals surface area (Å²) >= 11 is 0. The number of Topliss-reactive ketones (excluding diaryl/α,β-unsaturated/α-hetero) is 1. The Hall–Kier alpha value is -4.99. The summed E-state index contributed by atoms with van der Waals surface area (Å²) in [6, 6.07) is 16.3. The van der Waals surface area contributed by atoms with Gasteiger partial charge in [-0.15, -0.1) is 0 Å². The summed E-state index contributed by atoms with van der Waals surface area (Å²) in [5.74, 6) is 5.76. The van der Waals surface area contributed by atoms with Crippen LogP contribution in [0.3, 0.4) is 0 Å². The SMILES string of the molecule is Cc1ccc(C(=O)Cc2cc(C(F)(F)F)ccn2)cc1C#Cc1cnc2c(Nc3ccc(S(N)(=O)=O)cc3)cccn12. The third-order valence-corrected chi connectivity index (χ3v) is 7.30. The molecule has 0 spiro atoms. The van der Waals surface area contributed by atoms with Gasteiger partial charge in [0.2, 0.25) is 10.0 Å². The lowest BCUT2D eigenvalue weighted by Crippen LogP contribution is -2.11. The zero-order valence-electron chi connectivity index (χ0n) is 22.0. The first-order valence-corrected chi connectivity index (χ1v) is 14.0. The van der Waals surface area contributed by atoms with Gasteiger partial charge in [0, 0.05) is 34.9 Å². The number of anilines is 2. The molecule has 0 fully saturated rings. The van der Waals surface area contributed by atoms with Crippen LogP contribution in [0.25, 0.3) is 5.65 Å². The number of primary sulfonamides is 1. The molecule has 0 radical (unpaired) electrons. The summed E-state index contributed by atoms with van der Waals surface area (Å²) in [4.78, 5) is 21.2. The number of rotatable bonds is 6. The van der Waals surface area contributed by atoms with E-state index in [0.29, 0.717) is 33.8 Å². The van der Waals surface area contributed by atoms with Crippen LogP contribution in [0.2, 0.25) is 0 Å². The molecule has 0 saturated carbocycles. The second-order valence-electron chi connectivity index (χ2n) is 9.37. The molecule has 42 heavy (non-hydrogen) atoms. The van der Waals surface area contributed by atoms with Gasteiger partial charge in [0.15, 0.2) is 11.4 Å². The first-order valence-electron chi connectivity index (χ1n) is 12.4. The van der Waals surface area contributed by atoms with E-state index in [2.05, 4.69) is 27.1 Å². The Labute approximate surface area is 239 Å². The van der Waals surface area contributed by atoms with E-state index in [1.807, 2.05) is 13.0 Å². The number of sulfonamides is 1. The predicted molar refractivity (Wildman–Crippen MR) is 151 cm³/mol. The van der Waals surface area contributed by atoms with Crippen LogP contribution in [0.15, 0.2) is 90.2 Å². The fourth-order valence-corrected chi connectivity index (χ4v) is 4.68. The average Bonchev–Trinajstić information content (AvgIpc) is 3.36. The van der Waals surface area contributed by atoms with Crippen LogP contribution in [0, 0.1) is 18.8 Å². The van der Waals surface area contributed by atoms with E-state index in [-0.39, 0.29) is 22.8 Å². The second-order valence-corrected chi connectivity index (χ2v) is 10.9. The van der Waals surface area contributed by atoms with Crippen molar-refractivity contribution in [2.24, 2.45) is 5.14 Å². The number of hydrogen-bond acceptors (Lipinski definition) is 6. The Bertz CT molecular complexity index is 1990. The molecule has 0 atom stereocenters. The van der Waals surface area contributed by atoms with Gasteiger partial charge in [-0.1, -0.05) is 18.1 Å². The molecular formula is C30H22F3N5O3S. The number of nitrogens with two attached hydrogens (primary N) is 1. The number of nitrogens with zero attached hydrogens (tertiary/aromatic N) is 3. The number of halogens is 3. The van der Waals surface area contributed by atoms with E-state index in [9.17, 15) is 26.4 Å². The number of imidazole rings is 1. The molecule has 5 aromatic rings. The Morgan fingerprint density at radius 2 is 1.79 bits per heavy atom. The number of benzene rings is 2. The summed E-state index contributed by atoms with van der Waals surface area (Å²) < 4.78 is 63.9. The molecule has 12 heteroatoms. The number of hydrogen-bond donors (Lipinski definition) is 2. The molecule has 3 aromatic heterocycles. The van der Waals surface area contributed by atoms with Gasteiger partial charge in [0.25, 0.3) is 0 Å². The van der Waals surface area contributed by atoms with Crippen LogP contribution in [0.4, 0.5) is 24.5 Å². The van der Waals surface area contributed by atoms with E-state index < -0.39 is 21.8 Å². The minimum Gasteiger partial charge on any atom is -0.352 e. The highest BCUT2D eigenvalue weighted by Crippen LogP contribution is 2.29. The van der Waals surface area contributed by atoms with Crippen LogP contribution in [0.5, 0.6) is 0 Å². The third kappa shape index (κ3) is 6.33. The summed E-state index contributed by atoms with van der Waals surface area (Å²) in [5.41, 5.74) is 3.30. The Morgan fingerprint density at radius 3 is 2.50 bits per heavy atom. The van der Waals surface area contributed by atoms with Gasteiger partial charge in [-0.3, -0.25) is 14.2 Å². The molecule has 212 valence electrons. The van der Waals surface area contributed by atoms with E-state index in [1.54, 1.807) is 53.2 Å². The monoisotopic (exact) mass is 589 g/mol. The number of aromatic nitrogens is 3. The molecule has 0 saturated heterocycles. The molecule has 0 aliphatic rings. The van der Waals surface area contributed by atoms with Gasteiger partial charge in [-0.05, 0) is 73.0 Å². The first-order chi connectivity index (χ1) is 19.9. The van der Waals surface area contributed by atoms with Gasteiger partial charge >= 0.3 is 6.18 Å². The fraction of sp³-hybridized carbons (Fsp3) is 0.100. The molecule has 0 aliphatic heterocycles. The van der Waals surface area contributed by atoms with Crippen LogP contribution < -0.4 is 10.5 Å². The van der Waals surface area contributed by atoms with Crippen molar-refractivity contribution in [2.45, 2.75) is 24.4 Å². The lowest BCUT2D eigenvalue weighted by atomic mass is 10.00. The van der Waals surface area contributed by atoms with Crippen molar-refractivity contribution in [2.75, 3.05) is 5.32 Å². The highest BCUT2D eigenvalue weighted by molar-refractivity contribution is 7.89. The molecule has 3 heterocycles. The van der Waals surface area contributed by atoms with E-state index >= 15 is 0 Å². The molecular weight excluding hydrogens is 567 g/mol. The number of nitrogens with one attached hydrogen (secondary N) is 1. The Kier molecular flexibility index (Phi) is 7.55. The number of fused-ring (bicyclic) bond motifs is 1. The van der Waals surface area contributed by atoms with Gasteiger partial charge < -0.3 is 5.32 Å². The molecule has 0 unspecified atom stereocenters. The lowest BCUT2D eigenvalue weighted by molar-refractivity contribution is -0.137. The Morgan fingerprint density at radius 1 is 1.02 bits per heavy atom. The lowest BCUT2D eigenvalue weighted by Gasteiger charge is -2.08. The number of aryl methyl sites for hydroxylation is 1. The van der Waals surface area contributed by atoms with Crippen molar-refractivity contribution in [1.82, 2.24) is 14.4 Å². The summed E-state index contributed by atoms with van der Waals surface area (Å²) in [6.07, 6.45) is -0.382. The first kappa shape index (κ1) is 28.5. The number of carbonyl (C=O) groups excluding carboxylic acids is 1. The molecule has 0 amide bonds. The van der Waals surface area contributed by atoms with E-state index in [0.717, 1.165) is 23.9 Å². The molecule has 0 bridgehead atoms. The standard InChI is InChI=1S/C30H22F3N5O3S/c1-19-4-5-21(28(39)17-24-16-22(12-13-35-24)30(31,32)33)15-20(19)6-9-25-18-36-29-27(3-2-14-38(25)29)37-23-7-10-26(11-8-23)42(34,40)41/h2-5,7-8,10-16,18,37H,17H2,1H3,(H2,34,40,41). The molecule has 5 rings (SSSR count). The van der Waals surface area contributed by atoms with Crippen LogP contribution in [-0.4, -0.2) is 28.6 Å². The van der Waals surface area contributed by atoms with Crippen LogP contribution >= 0.6 is 0 Å². The maximum absolute atomic E-state index is 13.0. The maximum Gasteiger partial charge on any atom is 0.416 e. The van der Waals surface area contributed by atoms with Gasteiger partial charge in [-0.25, -0.2) is 18.5 Å². The predicted octanol–water partition coefficient (Wildman–Crippen LogP) is 5.27. The summed E-state index contributed by atoms with van der Waals surface area (Å²) in [7, 11) is -3.80. The van der Waals surface area contributed by atoms with Crippen molar-refractivity contribution >= 4 is 32.8 Å². The smallest absolute Gasteiger partial charge is 0.352 e. The molecule has 8 nitrogen and oxygen atoms in total. The zero-order chi connectivity index (χ0) is 30.1. The van der Waals surface area contributed by atoms with Crippen molar-refractivity contribution in [3.05, 3.63) is 119 Å². The van der Waals surface area contributed by atoms with Gasteiger partial charge in [0.05, 0.1) is 28.8 Å². The largest absolute Gasteiger partial charge is 0.416 e. The number of ketones is 1. The zero-order valence-corrected chi connectivity index (χ0v) is 22.8. The minimum absolute atomic E-state index is 0.00184. The highest BCUT2D eigenvalue weighted by atomic mass is 32.2. The van der Waals surface area contributed by atoms with Crippen molar-refractivity contribution < 1.29 is 26.4 Å². The fourth-order valence-electron chi connectivity index (χ4n) is 4.16. The third-order valence-electron chi connectivity index (χ3n) is 6.37. The highest BCUT2D eigenvalue weighted by Gasteiger charge is 2.30. The van der Waals surface area contributed by atoms with Crippen molar-refractivity contribution in [1.29, 1.82) is 0 Å². The Balaban J connectivity index is 1.37. The number of carbonyl (C=O) groups is 1. The second kappa shape index (κ2) is 11.1. The van der Waals surface area contributed by atoms with E-state index in [1.165, 1.54) is 12.1 Å². The van der Waals surface area contributed by atoms with Crippen molar-refractivity contribution in [3.63, 3.8) is 0 Å². The molecule has 3 N–H and O–H groups in total. The average molecular weight is 590 g/mol. The van der Waals surface area contributed by atoms with Crippen molar-refractivity contribution in [3.8, 4) is 11.8 Å². The quantitative estimate of drug-likeness (QED) is 0.206. The van der Waals surface area contributed by atoms with Gasteiger partial charge in [-0.2, -0.15) is 13.2 Å². The molecule has 0 aliphatic carbocycles. The number of alkyl halides is 3. The van der Waals surface area contributed by atoms with Gasteiger partial charge in [0.1, 0.15) is 5.69 Å². The number of pyridine rings is 2.